The number of amides is 2. The van der Waals surface area contributed by atoms with Crippen LogP contribution in [0.2, 0.25) is 0 Å². The van der Waals surface area contributed by atoms with E-state index in [0.29, 0.717) is 24.0 Å². The maximum atomic E-state index is 13.3. The van der Waals surface area contributed by atoms with E-state index in [1.807, 2.05) is 32.9 Å². The molecule has 0 radical (unpaired) electrons. The van der Waals surface area contributed by atoms with E-state index in [1.54, 1.807) is 0 Å². The molecule has 0 spiro atoms. The van der Waals surface area contributed by atoms with E-state index >= 15 is 0 Å². The van der Waals surface area contributed by atoms with Gasteiger partial charge in [-0.15, -0.1) is 0 Å². The molecule has 1 fully saturated rings. The van der Waals surface area contributed by atoms with Gasteiger partial charge in [-0.1, -0.05) is 36.7 Å². The quantitative estimate of drug-likeness (QED) is 0.386. The lowest BCUT2D eigenvalue weighted by atomic mass is 9.67. The Morgan fingerprint density at radius 3 is 2.34 bits per heavy atom. The van der Waals surface area contributed by atoms with Crippen LogP contribution in [0, 0.1) is 26.2 Å². The highest BCUT2D eigenvalue weighted by Gasteiger charge is 2.48. The van der Waals surface area contributed by atoms with Crippen molar-refractivity contribution < 1.29 is 14.3 Å². The first-order valence-corrected chi connectivity index (χ1v) is 14.0. The Hall–Kier alpha value is -2.81. The Bertz CT molecular complexity index is 1260. The molecule has 0 atom stereocenters. The van der Waals surface area contributed by atoms with Crippen LogP contribution in [0.5, 0.6) is 0 Å². The number of anilines is 1. The Labute approximate surface area is 233 Å². The second-order valence-electron chi connectivity index (χ2n) is 11.4. The molecule has 2 amide bonds. The number of nitrogens with one attached hydrogen (secondary N) is 2. The molecule has 1 aliphatic carbocycles. The number of aromatic nitrogens is 1. The molecule has 8 nitrogen and oxygen atoms in total. The second-order valence-corrected chi connectivity index (χ2v) is 12.3. The summed E-state index contributed by atoms with van der Waals surface area (Å²) in [7, 11) is 0. The summed E-state index contributed by atoms with van der Waals surface area (Å²) in [5, 5.41) is 2.94. The molecular formula is C29H41BrN4O4. The van der Waals surface area contributed by atoms with E-state index in [2.05, 4.69) is 64.9 Å². The predicted molar refractivity (Wildman–Crippen MR) is 155 cm³/mol. The highest BCUT2D eigenvalue weighted by molar-refractivity contribution is 9.10. The molecule has 1 saturated carbocycles. The second kappa shape index (κ2) is 11.5. The van der Waals surface area contributed by atoms with Crippen molar-refractivity contribution in [1.82, 2.24) is 10.3 Å². The number of hydrogen-bond acceptors (Lipinski definition) is 5. The van der Waals surface area contributed by atoms with E-state index < -0.39 is 11.7 Å². The van der Waals surface area contributed by atoms with Gasteiger partial charge in [0.15, 0.2) is 0 Å². The van der Waals surface area contributed by atoms with Crippen LogP contribution in [0.25, 0.3) is 0 Å². The minimum Gasteiger partial charge on any atom is -0.443 e. The van der Waals surface area contributed by atoms with Crippen molar-refractivity contribution in [2.24, 2.45) is 11.1 Å². The number of rotatable bonds is 7. The number of halogens is 1. The number of carbonyl (C=O) groups is 2. The number of H-pyrrole nitrogens is 1. The molecule has 4 N–H and O–H groups in total. The first-order valence-electron chi connectivity index (χ1n) is 13.2. The summed E-state index contributed by atoms with van der Waals surface area (Å²) >= 11 is 3.60. The summed E-state index contributed by atoms with van der Waals surface area (Å²) in [6.45, 7) is 15.0. The predicted octanol–water partition coefficient (Wildman–Crippen LogP) is 5.64. The number of nitrogens with zero attached hydrogens (tertiary/aromatic N) is 1. The minimum absolute atomic E-state index is 0.149. The lowest BCUT2D eigenvalue weighted by Gasteiger charge is -2.49. The monoisotopic (exact) mass is 588 g/mol. The maximum absolute atomic E-state index is 13.3. The molecule has 0 unspecified atom stereocenters. The third-order valence-electron chi connectivity index (χ3n) is 8.03. The van der Waals surface area contributed by atoms with Crippen molar-refractivity contribution in [3.63, 3.8) is 0 Å². The van der Waals surface area contributed by atoms with Gasteiger partial charge in [0.25, 0.3) is 11.5 Å². The fourth-order valence-electron chi connectivity index (χ4n) is 5.77. The van der Waals surface area contributed by atoms with Gasteiger partial charge in [-0.3, -0.25) is 9.59 Å². The Morgan fingerprint density at radius 2 is 1.82 bits per heavy atom. The van der Waals surface area contributed by atoms with E-state index in [4.69, 9.17) is 10.5 Å². The molecule has 3 rings (SSSR count). The average molecular weight is 590 g/mol. The molecule has 38 heavy (non-hydrogen) atoms. The lowest BCUT2D eigenvalue weighted by molar-refractivity contribution is -0.0917. The van der Waals surface area contributed by atoms with Crippen LogP contribution in [0.1, 0.15) is 86.1 Å². The number of pyridine rings is 1. The fourth-order valence-corrected chi connectivity index (χ4v) is 6.21. The van der Waals surface area contributed by atoms with Crippen molar-refractivity contribution in [2.75, 3.05) is 11.4 Å². The largest absolute Gasteiger partial charge is 0.443 e. The Kier molecular flexibility index (Phi) is 9.01. The average Bonchev–Trinajstić information content (AvgIpc) is 2.80. The van der Waals surface area contributed by atoms with E-state index in [1.165, 1.54) is 0 Å². The number of hydrogen-bond donors (Lipinski definition) is 3. The molecule has 0 aliphatic heterocycles. The standard InChI is InChI=1S/C29H41BrN4O4/c1-8-34(21-9-11-29(12-10-21,28(5,6)7)38-27(31)37)24-15-20(30)14-22(19(24)4)25(35)32-16-23-17(2)13-18(3)33-26(23)36/h13-15,21H,8-12,16H2,1-7H3,(H2,31,37)(H,32,35)(H,33,36). The van der Waals surface area contributed by atoms with Gasteiger partial charge < -0.3 is 25.7 Å². The Morgan fingerprint density at radius 1 is 1.18 bits per heavy atom. The number of ether oxygens (including phenoxy) is 1. The number of nitrogens with two attached hydrogens (primary N) is 1. The summed E-state index contributed by atoms with van der Waals surface area (Å²) in [4.78, 5) is 42.6. The fraction of sp³-hybridized carbons (Fsp3) is 0.552. The van der Waals surface area contributed by atoms with Gasteiger partial charge >= 0.3 is 6.09 Å². The number of benzene rings is 1. The molecule has 1 heterocycles. The minimum atomic E-state index is -0.730. The highest BCUT2D eigenvalue weighted by atomic mass is 79.9. The summed E-state index contributed by atoms with van der Waals surface area (Å²) in [5.41, 5.74) is 9.04. The third kappa shape index (κ3) is 6.25. The number of aryl methyl sites for hydroxylation is 2. The molecule has 9 heteroatoms. The van der Waals surface area contributed by atoms with Gasteiger partial charge in [0.2, 0.25) is 0 Å². The molecule has 1 aliphatic rings. The zero-order valence-corrected chi connectivity index (χ0v) is 25.2. The van der Waals surface area contributed by atoms with Gasteiger partial charge in [0.05, 0.1) is 0 Å². The van der Waals surface area contributed by atoms with Crippen molar-refractivity contribution in [3.05, 3.63) is 61.0 Å². The van der Waals surface area contributed by atoms with Gasteiger partial charge in [0, 0.05) is 51.5 Å². The lowest BCUT2D eigenvalue weighted by Crippen LogP contribution is -2.53. The summed E-state index contributed by atoms with van der Waals surface area (Å²) < 4.78 is 6.53. The normalized spacial score (nSPS) is 19.6. The zero-order chi connectivity index (χ0) is 28.4. The number of aromatic amines is 1. The molecule has 0 saturated heterocycles. The molecule has 1 aromatic carbocycles. The Balaban J connectivity index is 1.84. The van der Waals surface area contributed by atoms with E-state index in [-0.39, 0.29) is 29.5 Å². The van der Waals surface area contributed by atoms with Crippen molar-refractivity contribution >= 4 is 33.6 Å². The van der Waals surface area contributed by atoms with Crippen LogP contribution >= 0.6 is 15.9 Å². The molecular weight excluding hydrogens is 548 g/mol. The topological polar surface area (TPSA) is 118 Å². The van der Waals surface area contributed by atoms with Crippen LogP contribution in [0.4, 0.5) is 10.5 Å². The van der Waals surface area contributed by atoms with Gasteiger partial charge in [0.1, 0.15) is 5.60 Å². The van der Waals surface area contributed by atoms with Crippen molar-refractivity contribution in [1.29, 1.82) is 0 Å². The van der Waals surface area contributed by atoms with Gasteiger partial charge in [-0.2, -0.15) is 0 Å². The summed E-state index contributed by atoms with van der Waals surface area (Å²) in [6.07, 6.45) is 2.37. The third-order valence-corrected chi connectivity index (χ3v) is 8.48. The van der Waals surface area contributed by atoms with Crippen molar-refractivity contribution in [3.8, 4) is 0 Å². The van der Waals surface area contributed by atoms with E-state index in [9.17, 15) is 14.4 Å². The van der Waals surface area contributed by atoms with Crippen molar-refractivity contribution in [2.45, 2.75) is 92.3 Å². The SMILES string of the molecule is CCN(c1cc(Br)cc(C(=O)NCc2c(C)cc(C)[nH]c2=O)c1C)C1CCC(OC(N)=O)(C(C)(C)C)CC1. The van der Waals surface area contributed by atoms with Crippen LogP contribution in [-0.4, -0.2) is 35.2 Å². The van der Waals surface area contributed by atoms with E-state index in [0.717, 1.165) is 46.4 Å². The highest BCUT2D eigenvalue weighted by Crippen LogP contribution is 2.46. The van der Waals surface area contributed by atoms with Crippen LogP contribution in [0.15, 0.2) is 27.5 Å². The molecule has 208 valence electrons. The summed E-state index contributed by atoms with van der Waals surface area (Å²) in [5.74, 6) is -0.231. The first-order chi connectivity index (χ1) is 17.7. The van der Waals surface area contributed by atoms with Crippen LogP contribution < -0.4 is 21.5 Å². The number of carbonyl (C=O) groups excluding carboxylic acids is 2. The summed E-state index contributed by atoms with van der Waals surface area (Å²) in [6, 6.07) is 6.00. The van der Waals surface area contributed by atoms with Crippen LogP contribution in [0.3, 0.4) is 0 Å². The van der Waals surface area contributed by atoms with Crippen LogP contribution in [-0.2, 0) is 11.3 Å². The zero-order valence-electron chi connectivity index (χ0n) is 23.6. The number of primary amides is 1. The smallest absolute Gasteiger partial charge is 0.405 e. The van der Waals surface area contributed by atoms with Gasteiger partial charge in [-0.05, 0) is 82.7 Å². The maximum Gasteiger partial charge on any atom is 0.405 e. The molecule has 1 aromatic heterocycles. The molecule has 2 aromatic rings. The molecule has 0 bridgehead atoms. The van der Waals surface area contributed by atoms with Gasteiger partial charge in [-0.25, -0.2) is 4.79 Å². The first kappa shape index (κ1) is 29.7.